The number of hydrogen-bond acceptors (Lipinski definition) is 4. The molecule has 0 aromatic heterocycles. The lowest BCUT2D eigenvalue weighted by Crippen LogP contribution is -2.47. The Labute approximate surface area is 131 Å². The first-order chi connectivity index (χ1) is 10.6. The standard InChI is InChI=1S/C17H23NO4/c1-3-20-15-6-4-14(5-7-15)16(19)18-10-8-17(9-11-18)21-12-13(2)22-17/h4-7,13H,3,8-12H2,1-2H3. The van der Waals surface area contributed by atoms with Crippen LogP contribution in [0.2, 0.25) is 0 Å². The Morgan fingerprint density at radius 2 is 2.00 bits per heavy atom. The zero-order valence-corrected chi connectivity index (χ0v) is 13.2. The SMILES string of the molecule is CCOc1ccc(C(=O)N2CCC3(CC2)OCC(C)O3)cc1. The molecule has 22 heavy (non-hydrogen) atoms. The van der Waals surface area contributed by atoms with Gasteiger partial charge < -0.3 is 19.1 Å². The van der Waals surface area contributed by atoms with Crippen molar-refractivity contribution >= 4 is 5.91 Å². The summed E-state index contributed by atoms with van der Waals surface area (Å²) in [5, 5.41) is 0. The number of piperidine rings is 1. The van der Waals surface area contributed by atoms with Gasteiger partial charge in [0.25, 0.3) is 5.91 Å². The quantitative estimate of drug-likeness (QED) is 0.860. The van der Waals surface area contributed by atoms with Gasteiger partial charge in [-0.05, 0) is 38.1 Å². The average Bonchev–Trinajstić information content (AvgIpc) is 2.89. The molecule has 3 rings (SSSR count). The van der Waals surface area contributed by atoms with Crippen molar-refractivity contribution in [2.75, 3.05) is 26.3 Å². The van der Waals surface area contributed by atoms with Crippen LogP contribution >= 0.6 is 0 Å². The summed E-state index contributed by atoms with van der Waals surface area (Å²) in [4.78, 5) is 14.4. The van der Waals surface area contributed by atoms with Gasteiger partial charge in [0.15, 0.2) is 5.79 Å². The molecule has 1 spiro atoms. The lowest BCUT2D eigenvalue weighted by molar-refractivity contribution is -0.189. The number of carbonyl (C=O) groups excluding carboxylic acids is 1. The number of rotatable bonds is 3. The van der Waals surface area contributed by atoms with Gasteiger partial charge >= 0.3 is 0 Å². The van der Waals surface area contributed by atoms with E-state index >= 15 is 0 Å². The summed E-state index contributed by atoms with van der Waals surface area (Å²) < 4.78 is 17.1. The number of ether oxygens (including phenoxy) is 3. The van der Waals surface area contributed by atoms with Crippen molar-refractivity contribution in [1.82, 2.24) is 4.90 Å². The second-order valence-electron chi connectivity index (χ2n) is 5.90. The van der Waals surface area contributed by atoms with Crippen LogP contribution in [-0.4, -0.2) is 49.0 Å². The summed E-state index contributed by atoms with van der Waals surface area (Å²) in [6, 6.07) is 7.32. The maximum absolute atomic E-state index is 12.5. The summed E-state index contributed by atoms with van der Waals surface area (Å²) in [7, 11) is 0. The predicted molar refractivity (Wildman–Crippen MR) is 82.0 cm³/mol. The van der Waals surface area contributed by atoms with E-state index in [0.717, 1.165) is 18.6 Å². The Hall–Kier alpha value is -1.59. The van der Waals surface area contributed by atoms with Crippen LogP contribution in [0.1, 0.15) is 37.0 Å². The summed E-state index contributed by atoms with van der Waals surface area (Å²) in [5.41, 5.74) is 0.695. The highest BCUT2D eigenvalue weighted by atomic mass is 16.7. The minimum Gasteiger partial charge on any atom is -0.494 e. The molecule has 1 aromatic carbocycles. The Kier molecular flexibility index (Phi) is 4.36. The van der Waals surface area contributed by atoms with Crippen molar-refractivity contribution in [1.29, 1.82) is 0 Å². The topological polar surface area (TPSA) is 48.0 Å². The summed E-state index contributed by atoms with van der Waals surface area (Å²) in [5.74, 6) is 0.386. The molecule has 0 radical (unpaired) electrons. The molecular weight excluding hydrogens is 282 g/mol. The Bertz CT molecular complexity index is 520. The van der Waals surface area contributed by atoms with E-state index in [2.05, 4.69) is 0 Å². The zero-order chi connectivity index (χ0) is 15.6. The molecule has 1 amide bonds. The molecule has 2 saturated heterocycles. The van der Waals surface area contributed by atoms with Crippen molar-refractivity contribution in [3.05, 3.63) is 29.8 Å². The van der Waals surface area contributed by atoms with Gasteiger partial charge in [0.2, 0.25) is 0 Å². The van der Waals surface area contributed by atoms with Gasteiger partial charge in [0.1, 0.15) is 5.75 Å². The molecule has 0 saturated carbocycles. The lowest BCUT2D eigenvalue weighted by Gasteiger charge is -2.37. The number of nitrogens with zero attached hydrogens (tertiary/aromatic N) is 1. The van der Waals surface area contributed by atoms with Crippen molar-refractivity contribution in [2.24, 2.45) is 0 Å². The van der Waals surface area contributed by atoms with Gasteiger partial charge in [-0.15, -0.1) is 0 Å². The Balaban J connectivity index is 1.59. The van der Waals surface area contributed by atoms with Crippen molar-refractivity contribution in [2.45, 2.75) is 38.6 Å². The molecule has 2 aliphatic heterocycles. The van der Waals surface area contributed by atoms with Crippen LogP contribution in [-0.2, 0) is 9.47 Å². The molecule has 2 fully saturated rings. The zero-order valence-electron chi connectivity index (χ0n) is 13.2. The van der Waals surface area contributed by atoms with Gasteiger partial charge in [-0.2, -0.15) is 0 Å². The molecule has 1 unspecified atom stereocenters. The summed E-state index contributed by atoms with van der Waals surface area (Å²) >= 11 is 0. The van der Waals surface area contributed by atoms with E-state index in [1.54, 1.807) is 0 Å². The summed E-state index contributed by atoms with van der Waals surface area (Å²) in [6.07, 6.45) is 1.62. The number of amides is 1. The Morgan fingerprint density at radius 1 is 1.32 bits per heavy atom. The van der Waals surface area contributed by atoms with Crippen LogP contribution in [0.4, 0.5) is 0 Å². The van der Waals surface area contributed by atoms with Gasteiger partial charge in [0.05, 0.1) is 19.3 Å². The van der Waals surface area contributed by atoms with Gasteiger partial charge in [-0.25, -0.2) is 0 Å². The number of hydrogen-bond donors (Lipinski definition) is 0. The maximum Gasteiger partial charge on any atom is 0.253 e. The molecule has 5 nitrogen and oxygen atoms in total. The van der Waals surface area contributed by atoms with Crippen molar-refractivity contribution < 1.29 is 19.0 Å². The van der Waals surface area contributed by atoms with E-state index in [9.17, 15) is 4.79 Å². The molecule has 5 heteroatoms. The van der Waals surface area contributed by atoms with E-state index in [0.29, 0.717) is 31.9 Å². The van der Waals surface area contributed by atoms with Crippen molar-refractivity contribution in [3.63, 3.8) is 0 Å². The molecule has 0 aliphatic carbocycles. The fourth-order valence-corrected chi connectivity index (χ4v) is 3.06. The van der Waals surface area contributed by atoms with Gasteiger partial charge in [0, 0.05) is 31.5 Å². The molecule has 0 bridgehead atoms. The molecule has 2 heterocycles. The van der Waals surface area contributed by atoms with Crippen molar-refractivity contribution in [3.8, 4) is 5.75 Å². The molecule has 120 valence electrons. The van der Waals surface area contributed by atoms with Crippen LogP contribution in [0.5, 0.6) is 5.75 Å². The first-order valence-corrected chi connectivity index (χ1v) is 7.96. The van der Waals surface area contributed by atoms with Crippen LogP contribution < -0.4 is 4.74 Å². The number of carbonyl (C=O) groups is 1. The van der Waals surface area contributed by atoms with Gasteiger partial charge in [-0.1, -0.05) is 0 Å². The largest absolute Gasteiger partial charge is 0.494 e. The van der Waals surface area contributed by atoms with Crippen LogP contribution in [0.25, 0.3) is 0 Å². The van der Waals surface area contributed by atoms with Gasteiger partial charge in [-0.3, -0.25) is 4.79 Å². The Morgan fingerprint density at radius 3 is 2.55 bits per heavy atom. The number of likely N-dealkylation sites (tertiary alicyclic amines) is 1. The second kappa shape index (κ2) is 6.26. The third-order valence-corrected chi connectivity index (χ3v) is 4.22. The fourth-order valence-electron chi connectivity index (χ4n) is 3.06. The van der Waals surface area contributed by atoms with E-state index in [4.69, 9.17) is 14.2 Å². The first-order valence-electron chi connectivity index (χ1n) is 7.96. The van der Waals surface area contributed by atoms with E-state index in [-0.39, 0.29) is 12.0 Å². The van der Waals surface area contributed by atoms with E-state index < -0.39 is 5.79 Å². The third kappa shape index (κ3) is 3.10. The average molecular weight is 305 g/mol. The van der Waals surface area contributed by atoms with Crippen LogP contribution in [0, 0.1) is 0 Å². The highest BCUT2D eigenvalue weighted by molar-refractivity contribution is 5.94. The minimum absolute atomic E-state index is 0.0592. The molecule has 2 aliphatic rings. The normalized spacial score (nSPS) is 23.7. The second-order valence-corrected chi connectivity index (χ2v) is 5.90. The number of benzene rings is 1. The maximum atomic E-state index is 12.5. The highest BCUT2D eigenvalue weighted by Crippen LogP contribution is 2.34. The van der Waals surface area contributed by atoms with E-state index in [1.165, 1.54) is 0 Å². The molecular formula is C17H23NO4. The molecule has 1 atom stereocenters. The predicted octanol–water partition coefficient (Wildman–Crippen LogP) is 2.45. The first kappa shape index (κ1) is 15.3. The fraction of sp³-hybridized carbons (Fsp3) is 0.588. The minimum atomic E-state index is -0.463. The van der Waals surface area contributed by atoms with Crippen LogP contribution in [0.15, 0.2) is 24.3 Å². The van der Waals surface area contributed by atoms with E-state index in [1.807, 2.05) is 43.0 Å². The third-order valence-electron chi connectivity index (χ3n) is 4.22. The molecule has 1 aromatic rings. The molecule has 0 N–H and O–H groups in total. The smallest absolute Gasteiger partial charge is 0.253 e. The highest BCUT2D eigenvalue weighted by Gasteiger charge is 2.43. The summed E-state index contributed by atoms with van der Waals surface area (Å²) in [6.45, 7) is 6.56. The lowest BCUT2D eigenvalue weighted by atomic mass is 10.0. The monoisotopic (exact) mass is 305 g/mol. The van der Waals surface area contributed by atoms with Crippen LogP contribution in [0.3, 0.4) is 0 Å².